The molecular weight excluding hydrogens is 378 g/mol. The molecule has 2 aliphatic heterocycles. The molecule has 0 aliphatic carbocycles. The molecule has 3 aromatic rings. The second kappa shape index (κ2) is 7.69. The summed E-state index contributed by atoms with van der Waals surface area (Å²) in [5.41, 5.74) is 4.68. The lowest BCUT2D eigenvalue weighted by molar-refractivity contribution is -0.119. The minimum atomic E-state index is -0.0299. The molecule has 1 atom stereocenters. The molecule has 0 radical (unpaired) electrons. The summed E-state index contributed by atoms with van der Waals surface area (Å²) in [5, 5.41) is 12.1. The fourth-order valence-corrected chi connectivity index (χ4v) is 4.33. The van der Waals surface area contributed by atoms with E-state index in [1.54, 1.807) is 18.6 Å². The highest BCUT2D eigenvalue weighted by atomic mass is 16.1. The molecular formula is C22H21N7O. The van der Waals surface area contributed by atoms with Crippen LogP contribution in [0.5, 0.6) is 0 Å². The van der Waals surface area contributed by atoms with Gasteiger partial charge in [0.1, 0.15) is 17.3 Å². The van der Waals surface area contributed by atoms with E-state index in [-0.39, 0.29) is 18.1 Å². The summed E-state index contributed by atoms with van der Waals surface area (Å²) in [4.78, 5) is 31.4. The highest BCUT2D eigenvalue weighted by Crippen LogP contribution is 2.42. The zero-order chi connectivity index (χ0) is 20.5. The number of fused-ring (bicyclic) bond motifs is 5. The highest BCUT2D eigenvalue weighted by Gasteiger charge is 2.29. The number of H-pyrrole nitrogens is 1. The molecule has 30 heavy (non-hydrogen) atoms. The first-order valence-corrected chi connectivity index (χ1v) is 10.1. The Bertz CT molecular complexity index is 1080. The van der Waals surface area contributed by atoms with E-state index in [9.17, 15) is 4.79 Å². The molecule has 1 unspecified atom stereocenters. The number of anilines is 2. The summed E-state index contributed by atoms with van der Waals surface area (Å²) < 4.78 is 0. The van der Waals surface area contributed by atoms with E-state index < -0.39 is 0 Å². The van der Waals surface area contributed by atoms with E-state index in [4.69, 9.17) is 10.2 Å². The summed E-state index contributed by atoms with van der Waals surface area (Å²) in [6, 6.07) is 7.85. The minimum Gasteiger partial charge on any atom is -0.341 e. The van der Waals surface area contributed by atoms with Crippen LogP contribution in [0.1, 0.15) is 31.0 Å². The smallest absolute Gasteiger partial charge is 0.160 e. The zero-order valence-electron chi connectivity index (χ0n) is 16.4. The molecule has 5 rings (SSSR count). The number of aromatic nitrogens is 4. The van der Waals surface area contributed by atoms with Crippen molar-refractivity contribution >= 4 is 17.3 Å². The number of nitriles is 1. The number of nitrogens with zero attached hydrogens (tertiary/aromatic N) is 5. The third-order valence-corrected chi connectivity index (χ3v) is 5.70. The molecule has 8 heteroatoms. The van der Waals surface area contributed by atoms with E-state index in [1.807, 2.05) is 24.3 Å². The van der Waals surface area contributed by atoms with Crippen molar-refractivity contribution in [3.63, 3.8) is 0 Å². The number of Topliss-reactive ketones (excluding diaryl/α,β-unsaturated/α-hetero) is 1. The maximum absolute atomic E-state index is 11.9. The van der Waals surface area contributed by atoms with Gasteiger partial charge in [-0.05, 0) is 37.6 Å². The first kappa shape index (κ1) is 18.5. The van der Waals surface area contributed by atoms with Crippen molar-refractivity contribution in [3.8, 4) is 28.6 Å². The van der Waals surface area contributed by atoms with Gasteiger partial charge in [0.15, 0.2) is 5.78 Å². The van der Waals surface area contributed by atoms with Crippen molar-refractivity contribution in [2.24, 2.45) is 0 Å². The predicted octanol–water partition coefficient (Wildman–Crippen LogP) is 3.25. The lowest BCUT2D eigenvalue weighted by atomic mass is 9.97. The molecule has 0 aromatic carbocycles. The Morgan fingerprint density at radius 2 is 2.23 bits per heavy atom. The normalized spacial score (nSPS) is 17.6. The van der Waals surface area contributed by atoms with Crippen LogP contribution in [-0.2, 0) is 4.79 Å². The van der Waals surface area contributed by atoms with Crippen LogP contribution in [0.2, 0.25) is 0 Å². The van der Waals surface area contributed by atoms with Crippen LogP contribution in [0, 0.1) is 11.3 Å². The summed E-state index contributed by atoms with van der Waals surface area (Å²) in [7, 11) is 0. The van der Waals surface area contributed by atoms with Gasteiger partial charge in [-0.2, -0.15) is 5.26 Å². The Balaban J connectivity index is 1.51. The molecule has 0 bridgehead atoms. The quantitative estimate of drug-likeness (QED) is 0.542. The first-order valence-electron chi connectivity index (χ1n) is 10.1. The van der Waals surface area contributed by atoms with Crippen molar-refractivity contribution < 1.29 is 4.79 Å². The van der Waals surface area contributed by atoms with Crippen LogP contribution >= 0.6 is 0 Å². The zero-order valence-corrected chi connectivity index (χ0v) is 16.4. The number of carbonyl (C=O) groups is 1. The Morgan fingerprint density at radius 1 is 1.30 bits per heavy atom. The third kappa shape index (κ3) is 3.33. The van der Waals surface area contributed by atoms with Gasteiger partial charge in [-0.15, -0.1) is 0 Å². The molecule has 0 amide bonds. The second-order valence-corrected chi connectivity index (χ2v) is 7.74. The van der Waals surface area contributed by atoms with Crippen LogP contribution in [0.25, 0.3) is 22.5 Å². The Kier molecular flexibility index (Phi) is 4.73. The number of hydrogen-bond acceptors (Lipinski definition) is 7. The molecule has 2 N–H and O–H groups in total. The number of likely N-dealkylation sites (tertiary alicyclic amines) is 1. The van der Waals surface area contributed by atoms with E-state index >= 15 is 0 Å². The van der Waals surface area contributed by atoms with Gasteiger partial charge in [-0.25, -0.2) is 9.97 Å². The summed E-state index contributed by atoms with van der Waals surface area (Å²) >= 11 is 0. The van der Waals surface area contributed by atoms with Crippen LogP contribution in [0.15, 0.2) is 36.8 Å². The minimum absolute atomic E-state index is 0.0270. The van der Waals surface area contributed by atoms with Gasteiger partial charge in [-0.1, -0.05) is 0 Å². The van der Waals surface area contributed by atoms with Gasteiger partial charge in [-0.3, -0.25) is 14.7 Å². The molecule has 1 fully saturated rings. The van der Waals surface area contributed by atoms with Gasteiger partial charge >= 0.3 is 0 Å². The average Bonchev–Trinajstić information content (AvgIpc) is 3.15. The first-order chi connectivity index (χ1) is 14.7. The molecule has 5 heterocycles. The van der Waals surface area contributed by atoms with Crippen molar-refractivity contribution in [2.75, 3.05) is 25.0 Å². The third-order valence-electron chi connectivity index (χ3n) is 5.70. The van der Waals surface area contributed by atoms with E-state index in [2.05, 4.69) is 25.2 Å². The lowest BCUT2D eigenvalue weighted by Crippen LogP contribution is -2.38. The van der Waals surface area contributed by atoms with E-state index in [0.717, 1.165) is 65.8 Å². The summed E-state index contributed by atoms with van der Waals surface area (Å²) in [6.45, 7) is 1.96. The molecule has 2 aliphatic rings. The van der Waals surface area contributed by atoms with Crippen molar-refractivity contribution in [1.82, 2.24) is 24.8 Å². The number of hydrogen-bond donors (Lipinski definition) is 2. The Labute approximate surface area is 174 Å². The highest BCUT2D eigenvalue weighted by molar-refractivity contribution is 5.94. The fraction of sp³-hybridized carbons (Fsp3) is 0.318. The average molecular weight is 399 g/mol. The van der Waals surface area contributed by atoms with E-state index in [0.29, 0.717) is 6.54 Å². The SMILES string of the molecule is N#CCC(=O)CN1CCCC(c2nc3c([nH]2)-c2ccncc2Nc2ncccc2-3)C1. The standard InChI is InChI=1S/C22H21N7O/c23-7-5-15(30)13-29-10-2-3-14(12-29)21-27-19-16-6-9-24-11-18(16)26-22-17(20(19)28-21)4-1-8-25-22/h1,4,6,8-9,11,14H,2-3,5,10,12-13H2,(H,25,26)(H,27,28). The maximum atomic E-state index is 11.9. The number of nitrogens with one attached hydrogen (secondary N) is 2. The van der Waals surface area contributed by atoms with Gasteiger partial charge in [0.05, 0.1) is 36.6 Å². The predicted molar refractivity (Wildman–Crippen MR) is 112 cm³/mol. The van der Waals surface area contributed by atoms with Gasteiger partial charge < -0.3 is 10.3 Å². The van der Waals surface area contributed by atoms with Crippen LogP contribution in [0.3, 0.4) is 0 Å². The Hall–Kier alpha value is -3.57. The molecule has 0 spiro atoms. The van der Waals surface area contributed by atoms with Crippen LogP contribution < -0.4 is 5.32 Å². The van der Waals surface area contributed by atoms with Crippen molar-refractivity contribution in [1.29, 1.82) is 5.26 Å². The molecule has 150 valence electrons. The second-order valence-electron chi connectivity index (χ2n) is 7.74. The Morgan fingerprint density at radius 3 is 3.13 bits per heavy atom. The van der Waals surface area contributed by atoms with Gasteiger partial charge in [0.25, 0.3) is 0 Å². The molecule has 0 saturated carbocycles. The van der Waals surface area contributed by atoms with Gasteiger partial charge in [0.2, 0.25) is 0 Å². The van der Waals surface area contributed by atoms with E-state index in [1.165, 1.54) is 0 Å². The maximum Gasteiger partial charge on any atom is 0.160 e. The summed E-state index contributed by atoms with van der Waals surface area (Å²) in [5.74, 6) is 1.87. The topological polar surface area (TPSA) is 111 Å². The number of pyridine rings is 2. The fourth-order valence-electron chi connectivity index (χ4n) is 4.33. The number of imidazole rings is 1. The molecule has 1 saturated heterocycles. The van der Waals surface area contributed by atoms with Gasteiger partial charge in [0, 0.05) is 36.0 Å². The van der Waals surface area contributed by atoms with Crippen molar-refractivity contribution in [3.05, 3.63) is 42.6 Å². The number of piperidine rings is 1. The summed E-state index contributed by atoms with van der Waals surface area (Å²) in [6.07, 6.45) is 7.31. The van der Waals surface area contributed by atoms with Crippen LogP contribution in [-0.4, -0.2) is 50.3 Å². The number of aromatic amines is 1. The number of rotatable bonds is 4. The monoisotopic (exact) mass is 399 g/mol. The molecule has 8 nitrogen and oxygen atoms in total. The molecule has 3 aromatic heterocycles. The van der Waals surface area contributed by atoms with Crippen molar-refractivity contribution in [2.45, 2.75) is 25.2 Å². The largest absolute Gasteiger partial charge is 0.341 e. The lowest BCUT2D eigenvalue weighted by Gasteiger charge is -2.31. The number of ketones is 1. The van der Waals surface area contributed by atoms with Crippen LogP contribution in [0.4, 0.5) is 11.5 Å². The number of carbonyl (C=O) groups excluding carboxylic acids is 1.